The lowest BCUT2D eigenvalue weighted by atomic mass is 9.90. The van der Waals surface area contributed by atoms with Crippen LogP contribution in [0.5, 0.6) is 0 Å². The molecule has 0 aromatic carbocycles. The summed E-state index contributed by atoms with van der Waals surface area (Å²) in [5.74, 6) is 1.46. The average molecular weight is 385 g/mol. The quantitative estimate of drug-likeness (QED) is 0.848. The van der Waals surface area contributed by atoms with E-state index in [0.29, 0.717) is 42.7 Å². The molecule has 1 aliphatic carbocycles. The molecule has 1 aromatic heterocycles. The van der Waals surface area contributed by atoms with Crippen molar-refractivity contribution in [3.8, 4) is 0 Å². The zero-order valence-corrected chi connectivity index (χ0v) is 17.1. The number of aromatic nitrogens is 1. The van der Waals surface area contributed by atoms with Gasteiger partial charge in [0, 0.05) is 51.5 Å². The zero-order valence-electron chi connectivity index (χ0n) is 17.1. The van der Waals surface area contributed by atoms with E-state index in [-0.39, 0.29) is 6.03 Å². The second-order valence-corrected chi connectivity index (χ2v) is 9.26. The number of nitrogens with one attached hydrogen (secondary N) is 1. The summed E-state index contributed by atoms with van der Waals surface area (Å²) in [4.78, 5) is 32.9. The van der Waals surface area contributed by atoms with Crippen LogP contribution in [0.3, 0.4) is 0 Å². The van der Waals surface area contributed by atoms with Gasteiger partial charge in [-0.25, -0.2) is 4.79 Å². The van der Waals surface area contributed by atoms with Crippen molar-refractivity contribution in [3.63, 3.8) is 0 Å². The third-order valence-corrected chi connectivity index (χ3v) is 6.92. The smallest absolute Gasteiger partial charge is 0.318 e. The van der Waals surface area contributed by atoms with Crippen LogP contribution in [-0.4, -0.2) is 46.4 Å². The molecular formula is C22H32N4O2. The van der Waals surface area contributed by atoms with Gasteiger partial charge >= 0.3 is 6.03 Å². The third kappa shape index (κ3) is 4.01. The minimum atomic E-state index is 0.0274. The topological polar surface area (TPSA) is 65.5 Å². The lowest BCUT2D eigenvalue weighted by Gasteiger charge is -2.33. The van der Waals surface area contributed by atoms with Gasteiger partial charge in [-0.2, -0.15) is 0 Å². The highest BCUT2D eigenvalue weighted by molar-refractivity contribution is 5.76. The van der Waals surface area contributed by atoms with Crippen LogP contribution in [0.2, 0.25) is 0 Å². The van der Waals surface area contributed by atoms with Crippen molar-refractivity contribution in [2.24, 2.45) is 17.3 Å². The van der Waals surface area contributed by atoms with Gasteiger partial charge in [-0.05, 0) is 60.1 Å². The molecule has 1 spiro atoms. The fourth-order valence-electron chi connectivity index (χ4n) is 4.79. The van der Waals surface area contributed by atoms with E-state index in [2.05, 4.69) is 29.0 Å². The molecule has 6 nitrogen and oxygen atoms in total. The second-order valence-electron chi connectivity index (χ2n) is 9.26. The lowest BCUT2D eigenvalue weighted by Crippen LogP contribution is -2.41. The Balaban J connectivity index is 1.19. The van der Waals surface area contributed by atoms with Crippen LogP contribution in [-0.2, 0) is 17.9 Å². The second kappa shape index (κ2) is 7.72. The van der Waals surface area contributed by atoms with Crippen molar-refractivity contribution in [3.05, 3.63) is 29.6 Å². The molecule has 1 saturated carbocycles. The Morgan fingerprint density at radius 1 is 1.21 bits per heavy atom. The zero-order chi connectivity index (χ0) is 19.7. The number of rotatable bonds is 5. The largest absolute Gasteiger partial charge is 0.343 e. The average Bonchev–Trinajstić information content (AvgIpc) is 3.17. The van der Waals surface area contributed by atoms with E-state index in [1.807, 2.05) is 17.2 Å². The number of carbonyl (C=O) groups is 2. The highest BCUT2D eigenvalue weighted by Gasteiger charge is 2.54. The molecule has 1 unspecified atom stereocenters. The summed E-state index contributed by atoms with van der Waals surface area (Å²) in [6.07, 6.45) is 8.65. The van der Waals surface area contributed by atoms with Crippen molar-refractivity contribution in [1.82, 2.24) is 20.1 Å². The first kappa shape index (κ1) is 19.2. The first-order valence-electron chi connectivity index (χ1n) is 10.7. The minimum Gasteiger partial charge on any atom is -0.343 e. The van der Waals surface area contributed by atoms with E-state index < -0.39 is 0 Å². The summed E-state index contributed by atoms with van der Waals surface area (Å²) < 4.78 is 0. The Morgan fingerprint density at radius 2 is 1.96 bits per heavy atom. The summed E-state index contributed by atoms with van der Waals surface area (Å²) in [6.45, 7) is 8.18. The molecule has 2 aliphatic heterocycles. The van der Waals surface area contributed by atoms with Gasteiger partial charge in [-0.3, -0.25) is 9.78 Å². The number of carbonyl (C=O) groups excluding carboxylic acids is 2. The van der Waals surface area contributed by atoms with Crippen molar-refractivity contribution >= 4 is 11.9 Å². The molecule has 1 aromatic rings. The van der Waals surface area contributed by atoms with Gasteiger partial charge in [0.25, 0.3) is 0 Å². The molecule has 3 aliphatic rings. The highest BCUT2D eigenvalue weighted by atomic mass is 16.2. The standard InChI is InChI=1S/C22H32N4O2/c1-16(2)3-4-20(27)25-9-6-22(7-10-25)11-19(22)13-24-21(28)26-14-17-5-8-23-12-18(17)15-26/h5,8,12,16,19H,3-4,6-7,9-11,13-15H2,1-2H3,(H,24,28). The van der Waals surface area contributed by atoms with E-state index in [4.69, 9.17) is 0 Å². The first-order chi connectivity index (χ1) is 13.5. The van der Waals surface area contributed by atoms with Crippen LogP contribution in [0, 0.1) is 17.3 Å². The fraction of sp³-hybridized carbons (Fsp3) is 0.682. The first-order valence-corrected chi connectivity index (χ1v) is 10.7. The molecule has 152 valence electrons. The van der Waals surface area contributed by atoms with Gasteiger partial charge < -0.3 is 15.1 Å². The maximum absolute atomic E-state index is 12.5. The molecule has 28 heavy (non-hydrogen) atoms. The van der Waals surface area contributed by atoms with Crippen LogP contribution in [0.25, 0.3) is 0 Å². The molecule has 1 N–H and O–H groups in total. The molecule has 0 radical (unpaired) electrons. The van der Waals surface area contributed by atoms with Crippen LogP contribution >= 0.6 is 0 Å². The van der Waals surface area contributed by atoms with Gasteiger partial charge in [0.05, 0.1) is 0 Å². The number of pyridine rings is 1. The number of piperidine rings is 1. The predicted molar refractivity (Wildman–Crippen MR) is 107 cm³/mol. The van der Waals surface area contributed by atoms with Crippen LogP contribution in [0.15, 0.2) is 18.5 Å². The highest BCUT2D eigenvalue weighted by Crippen LogP contribution is 2.59. The number of fused-ring (bicyclic) bond motifs is 1. The molecule has 2 fully saturated rings. The SMILES string of the molecule is CC(C)CCC(=O)N1CCC2(CC1)CC2CNC(=O)N1Cc2ccncc2C1. The molecule has 3 amide bonds. The fourth-order valence-corrected chi connectivity index (χ4v) is 4.79. The van der Waals surface area contributed by atoms with Gasteiger partial charge in [-0.1, -0.05) is 13.8 Å². The number of urea groups is 1. The van der Waals surface area contributed by atoms with E-state index in [1.54, 1.807) is 6.20 Å². The van der Waals surface area contributed by atoms with E-state index in [0.717, 1.165) is 44.5 Å². The molecule has 0 bridgehead atoms. The molecule has 1 saturated heterocycles. The number of hydrogen-bond acceptors (Lipinski definition) is 3. The number of likely N-dealkylation sites (tertiary alicyclic amines) is 1. The molecule has 3 heterocycles. The van der Waals surface area contributed by atoms with Crippen molar-refractivity contribution in [1.29, 1.82) is 0 Å². The third-order valence-electron chi connectivity index (χ3n) is 6.92. The van der Waals surface area contributed by atoms with Crippen molar-refractivity contribution in [2.45, 2.75) is 59.0 Å². The van der Waals surface area contributed by atoms with Crippen molar-refractivity contribution < 1.29 is 9.59 Å². The van der Waals surface area contributed by atoms with E-state index >= 15 is 0 Å². The minimum absolute atomic E-state index is 0.0274. The summed E-state index contributed by atoms with van der Waals surface area (Å²) in [5, 5.41) is 3.15. The number of amides is 3. The lowest BCUT2D eigenvalue weighted by molar-refractivity contribution is -0.133. The molecule has 1 atom stereocenters. The summed E-state index contributed by atoms with van der Waals surface area (Å²) in [7, 11) is 0. The normalized spacial score (nSPS) is 22.5. The predicted octanol–water partition coefficient (Wildman–Crippen LogP) is 3.17. The molecule has 4 rings (SSSR count). The maximum atomic E-state index is 12.5. The number of nitrogens with zero attached hydrogens (tertiary/aromatic N) is 3. The van der Waals surface area contributed by atoms with Crippen molar-refractivity contribution in [2.75, 3.05) is 19.6 Å². The summed E-state index contributed by atoms with van der Waals surface area (Å²) in [6, 6.07) is 2.02. The van der Waals surface area contributed by atoms with E-state index in [9.17, 15) is 9.59 Å². The Kier molecular flexibility index (Phi) is 5.30. The van der Waals surface area contributed by atoms with Crippen LogP contribution in [0.4, 0.5) is 4.79 Å². The van der Waals surface area contributed by atoms with Crippen LogP contribution < -0.4 is 5.32 Å². The Labute approximate surface area is 167 Å². The van der Waals surface area contributed by atoms with Gasteiger partial charge in [-0.15, -0.1) is 0 Å². The van der Waals surface area contributed by atoms with Crippen LogP contribution in [0.1, 0.15) is 57.1 Å². The van der Waals surface area contributed by atoms with Gasteiger partial charge in [0.2, 0.25) is 5.91 Å². The van der Waals surface area contributed by atoms with Gasteiger partial charge in [0.1, 0.15) is 0 Å². The van der Waals surface area contributed by atoms with Gasteiger partial charge in [0.15, 0.2) is 0 Å². The van der Waals surface area contributed by atoms with E-state index in [1.165, 1.54) is 12.0 Å². The Bertz CT molecular complexity index is 715. The molecule has 6 heteroatoms. The monoisotopic (exact) mass is 384 g/mol. The number of hydrogen-bond donors (Lipinski definition) is 1. The Hall–Kier alpha value is -2.11. The summed E-state index contributed by atoms with van der Waals surface area (Å²) in [5.41, 5.74) is 2.71. The Morgan fingerprint density at radius 3 is 2.68 bits per heavy atom. The summed E-state index contributed by atoms with van der Waals surface area (Å²) >= 11 is 0. The molecular weight excluding hydrogens is 352 g/mol. The maximum Gasteiger partial charge on any atom is 0.318 e.